The van der Waals surface area contributed by atoms with E-state index in [4.69, 9.17) is 0 Å². The molecule has 2 bridgehead atoms. The Labute approximate surface area is 48.3 Å². The maximum absolute atomic E-state index is 10.8. The molecule has 0 spiro atoms. The molecule has 1 unspecified atom stereocenters. The molecule has 1 aliphatic carbocycles. The first-order valence-corrected chi connectivity index (χ1v) is 2.97. The minimum atomic E-state index is 0.397. The summed E-state index contributed by atoms with van der Waals surface area (Å²) in [5.74, 6) is 1.52. The summed E-state index contributed by atoms with van der Waals surface area (Å²) in [5, 5.41) is 3.23. The van der Waals surface area contributed by atoms with Crippen LogP contribution >= 0.6 is 0 Å². The Morgan fingerprint density at radius 1 is 1.50 bits per heavy atom. The molecule has 1 saturated carbocycles. The summed E-state index contributed by atoms with van der Waals surface area (Å²) in [4.78, 5) is 10.8. The van der Waals surface area contributed by atoms with Gasteiger partial charge in [0.15, 0.2) is 0 Å². The van der Waals surface area contributed by atoms with Crippen LogP contribution < -0.4 is 5.32 Å². The largest absolute Gasteiger partial charge is 0.312 e. The van der Waals surface area contributed by atoms with Crippen LogP contribution in [0.5, 0.6) is 0 Å². The summed E-state index contributed by atoms with van der Waals surface area (Å²) in [6.45, 7) is 0.865. The summed E-state index contributed by atoms with van der Waals surface area (Å²) >= 11 is 0. The Morgan fingerprint density at radius 2 is 2.38 bits per heavy atom. The molecular weight excluding hydrogens is 102 g/mol. The smallest absolute Gasteiger partial charge is 0.142 e. The van der Waals surface area contributed by atoms with Gasteiger partial charge in [-0.05, 0) is 6.42 Å². The van der Waals surface area contributed by atoms with Crippen LogP contribution in [-0.4, -0.2) is 18.4 Å². The van der Waals surface area contributed by atoms with Crippen molar-refractivity contribution in [2.45, 2.75) is 18.9 Å². The molecule has 1 saturated heterocycles. The monoisotopic (exact) mass is 110 g/mol. The summed E-state index contributed by atoms with van der Waals surface area (Å²) < 4.78 is 0. The number of carbonyl (C=O) groups excluding carboxylic acids is 1. The Bertz CT molecular complexity index is 132. The van der Waals surface area contributed by atoms with Crippen LogP contribution in [0.2, 0.25) is 0 Å². The van der Waals surface area contributed by atoms with Crippen LogP contribution in [0.3, 0.4) is 0 Å². The molecule has 1 N–H and O–H groups in total. The van der Waals surface area contributed by atoms with Gasteiger partial charge in [-0.3, -0.25) is 4.79 Å². The Hall–Kier alpha value is -0.370. The van der Waals surface area contributed by atoms with Gasteiger partial charge in [-0.2, -0.15) is 0 Å². The number of piperidine rings is 1. The van der Waals surface area contributed by atoms with Gasteiger partial charge in [0.25, 0.3) is 0 Å². The first-order valence-electron chi connectivity index (χ1n) is 2.97. The first-order chi connectivity index (χ1) is 3.86. The molecule has 8 heavy (non-hydrogen) atoms. The van der Waals surface area contributed by atoms with E-state index in [1.54, 1.807) is 0 Å². The molecule has 43 valence electrons. The van der Waals surface area contributed by atoms with Crippen LogP contribution in [0.25, 0.3) is 0 Å². The van der Waals surface area contributed by atoms with E-state index in [0.717, 1.165) is 25.3 Å². The predicted octanol–water partition coefficient (Wildman–Crippen LogP) is -0.104. The highest BCUT2D eigenvalue weighted by Crippen LogP contribution is 2.28. The molecule has 1 radical (unpaired) electrons. The van der Waals surface area contributed by atoms with Gasteiger partial charge in [0.1, 0.15) is 5.78 Å². The lowest BCUT2D eigenvalue weighted by atomic mass is 10.1. The van der Waals surface area contributed by atoms with E-state index in [9.17, 15) is 4.79 Å². The van der Waals surface area contributed by atoms with Crippen molar-refractivity contribution in [2.24, 2.45) is 0 Å². The van der Waals surface area contributed by atoms with E-state index >= 15 is 0 Å². The molecule has 0 aromatic carbocycles. The fourth-order valence-corrected chi connectivity index (χ4v) is 1.43. The zero-order chi connectivity index (χ0) is 5.56. The average Bonchev–Trinajstić information content (AvgIpc) is 2.23. The Kier molecular flexibility index (Phi) is 0.742. The number of Topliss-reactive ketones (excluding diaryl/α,β-unsaturated/α-hetero) is 1. The highest BCUT2D eigenvalue weighted by molar-refractivity contribution is 5.96. The molecule has 0 aromatic rings. The van der Waals surface area contributed by atoms with Gasteiger partial charge in [-0.1, -0.05) is 0 Å². The first kappa shape index (κ1) is 4.50. The third kappa shape index (κ3) is 0.436. The molecule has 2 aliphatic rings. The van der Waals surface area contributed by atoms with Gasteiger partial charge in [0.2, 0.25) is 0 Å². The van der Waals surface area contributed by atoms with Gasteiger partial charge >= 0.3 is 0 Å². The van der Waals surface area contributed by atoms with Crippen molar-refractivity contribution >= 4 is 5.78 Å². The lowest BCUT2D eigenvalue weighted by Crippen LogP contribution is -2.28. The van der Waals surface area contributed by atoms with Crippen LogP contribution in [0, 0.1) is 5.92 Å². The fourth-order valence-electron chi connectivity index (χ4n) is 1.43. The van der Waals surface area contributed by atoms with Crippen molar-refractivity contribution in [1.29, 1.82) is 0 Å². The van der Waals surface area contributed by atoms with Gasteiger partial charge < -0.3 is 5.32 Å². The van der Waals surface area contributed by atoms with Crippen molar-refractivity contribution in [3.8, 4) is 0 Å². The number of hydrogen-bond acceptors (Lipinski definition) is 2. The van der Waals surface area contributed by atoms with Crippen molar-refractivity contribution in [1.82, 2.24) is 5.32 Å². The maximum atomic E-state index is 10.8. The topological polar surface area (TPSA) is 29.1 Å². The van der Waals surface area contributed by atoms with Crippen LogP contribution in [-0.2, 0) is 4.79 Å². The Balaban J connectivity index is 2.22. The second-order valence-corrected chi connectivity index (χ2v) is 2.51. The van der Waals surface area contributed by atoms with Crippen LogP contribution in [0.15, 0.2) is 0 Å². The minimum absolute atomic E-state index is 0.397. The molecule has 2 fully saturated rings. The summed E-state index contributed by atoms with van der Waals surface area (Å²) in [7, 11) is 0. The fraction of sp³-hybridized carbons (Fsp3) is 0.667. The van der Waals surface area contributed by atoms with E-state index in [-0.39, 0.29) is 0 Å². The zero-order valence-electron chi connectivity index (χ0n) is 4.61. The Morgan fingerprint density at radius 3 is 2.62 bits per heavy atom. The highest BCUT2D eigenvalue weighted by Gasteiger charge is 2.38. The number of carbonyl (C=O) groups is 1. The van der Waals surface area contributed by atoms with Gasteiger partial charge in [-0.25, -0.2) is 0 Å². The molecule has 2 heteroatoms. The summed E-state index contributed by atoms with van der Waals surface area (Å²) in [6, 6.07) is 0.512. The SMILES string of the molecule is O=C1CC2C[C]1CN2. The number of ketones is 1. The zero-order valence-corrected chi connectivity index (χ0v) is 4.61. The lowest BCUT2D eigenvalue weighted by Gasteiger charge is -2.07. The van der Waals surface area contributed by atoms with Gasteiger partial charge in [0, 0.05) is 19.0 Å². The predicted molar refractivity (Wildman–Crippen MR) is 29.3 cm³/mol. The average molecular weight is 110 g/mol. The van der Waals surface area contributed by atoms with E-state index in [0.29, 0.717) is 11.8 Å². The van der Waals surface area contributed by atoms with Crippen molar-refractivity contribution in [3.05, 3.63) is 5.92 Å². The third-order valence-electron chi connectivity index (χ3n) is 1.92. The van der Waals surface area contributed by atoms with Crippen molar-refractivity contribution < 1.29 is 4.79 Å². The molecular formula is C6H8NO. The summed E-state index contributed by atoms with van der Waals surface area (Å²) in [6.07, 6.45) is 1.79. The number of nitrogens with one attached hydrogen (secondary N) is 1. The minimum Gasteiger partial charge on any atom is -0.312 e. The third-order valence-corrected chi connectivity index (χ3v) is 1.92. The van der Waals surface area contributed by atoms with Crippen molar-refractivity contribution in [3.63, 3.8) is 0 Å². The number of hydrogen-bond donors (Lipinski definition) is 1. The molecule has 2 rings (SSSR count). The molecule has 2 nitrogen and oxygen atoms in total. The molecule has 1 atom stereocenters. The second-order valence-electron chi connectivity index (χ2n) is 2.51. The maximum Gasteiger partial charge on any atom is 0.142 e. The van der Waals surface area contributed by atoms with E-state index in [1.807, 2.05) is 0 Å². The molecule has 0 amide bonds. The van der Waals surface area contributed by atoms with Crippen LogP contribution in [0.1, 0.15) is 12.8 Å². The van der Waals surface area contributed by atoms with Crippen molar-refractivity contribution in [2.75, 3.05) is 6.54 Å². The van der Waals surface area contributed by atoms with E-state index in [1.165, 1.54) is 0 Å². The standard InChI is InChI=1S/C6H8NO/c8-6-2-5-1-4(6)3-7-5/h5,7H,1-3H2. The molecule has 1 heterocycles. The quantitative estimate of drug-likeness (QED) is 0.471. The lowest BCUT2D eigenvalue weighted by molar-refractivity contribution is -0.116. The normalized spacial score (nSPS) is 37.0. The van der Waals surface area contributed by atoms with Crippen LogP contribution in [0.4, 0.5) is 0 Å². The van der Waals surface area contributed by atoms with E-state index in [2.05, 4.69) is 5.32 Å². The highest BCUT2D eigenvalue weighted by atomic mass is 16.1. The number of fused-ring (bicyclic) bond motifs is 2. The molecule has 1 aliphatic heterocycles. The number of rotatable bonds is 0. The summed E-state index contributed by atoms with van der Waals surface area (Å²) in [5.41, 5.74) is 0. The second kappa shape index (κ2) is 1.32. The van der Waals surface area contributed by atoms with E-state index < -0.39 is 0 Å². The molecule has 0 aromatic heterocycles. The van der Waals surface area contributed by atoms with Gasteiger partial charge in [-0.15, -0.1) is 0 Å². The van der Waals surface area contributed by atoms with Gasteiger partial charge in [0.05, 0.1) is 5.92 Å².